The van der Waals surface area contributed by atoms with Crippen LogP contribution < -0.4 is 0 Å². The summed E-state index contributed by atoms with van der Waals surface area (Å²) < 4.78 is 570. The smallest absolute Gasteiger partial charge is 0.200 e. The van der Waals surface area contributed by atoms with Gasteiger partial charge in [-0.3, -0.25) is 0 Å². The van der Waals surface area contributed by atoms with Crippen LogP contribution in [-0.4, -0.2) is 130 Å². The molecule has 0 radical (unpaired) electrons. The van der Waals surface area contributed by atoms with E-state index < -0.39 is 166 Å². The summed E-state index contributed by atoms with van der Waals surface area (Å²) in [4.78, 5) is 0. The van der Waals surface area contributed by atoms with E-state index in [1.54, 1.807) is 0 Å². The first-order valence-electron chi connectivity index (χ1n) is 17.8. The number of benzene rings is 1. The molecule has 0 saturated heterocycles. The maximum absolute atomic E-state index is 14.3. The maximum atomic E-state index is 14.3. The lowest BCUT2D eigenvalue weighted by atomic mass is 9.86. The summed E-state index contributed by atoms with van der Waals surface area (Å²) in [5.74, 6) is -164. The van der Waals surface area contributed by atoms with Crippen molar-refractivity contribution in [3.63, 3.8) is 0 Å². The molecule has 1 aromatic carbocycles. The Morgan fingerprint density at radius 2 is 0.408 bits per heavy atom. The number of hydrogen-bond acceptors (Lipinski definition) is 2. The minimum atomic E-state index is -9.42. The molecule has 0 nitrogen and oxygen atoms in total. The summed E-state index contributed by atoms with van der Waals surface area (Å²) in [5.41, 5.74) is -0.902. The molecule has 0 aromatic heterocycles. The standard InChI is InChI=1S/C32H16F42S2/c33-13(34,15(37,38)17(41,42)19(45,46)21(49,50)23(53,54)25(57,58)27(61,62)29(65,66)31(69,70)71)4-6-75-9-11-2-1-3-12(8-11)10-76-7-5-14(35,36)16(39,40)18(43,44)20(47,48)22(51,52)24(55,56)26(59,60)28(63,64)30(67,68)32(72,73)74/h1-3,8H,4-7,9-10H2. The van der Waals surface area contributed by atoms with Gasteiger partial charge in [-0.05, 0) is 22.6 Å². The van der Waals surface area contributed by atoms with Gasteiger partial charge in [0.05, 0.1) is 0 Å². The molecule has 1 rings (SSSR count). The Kier molecular flexibility index (Phi) is 18.6. The van der Waals surface area contributed by atoms with Crippen LogP contribution in [0.15, 0.2) is 24.3 Å². The van der Waals surface area contributed by atoms with Crippen molar-refractivity contribution in [2.45, 2.75) is 143 Å². The first kappa shape index (κ1) is 71.0. The third-order valence-corrected chi connectivity index (χ3v) is 11.9. The average Bonchev–Trinajstić information content (AvgIpc) is 3.22. The topological polar surface area (TPSA) is 0 Å². The monoisotopic (exact) mass is 1260 g/mol. The van der Waals surface area contributed by atoms with Crippen LogP contribution in [0.5, 0.6) is 0 Å². The average molecular weight is 1260 g/mol. The molecular weight excluding hydrogens is 1250 g/mol. The number of alkyl halides is 42. The van der Waals surface area contributed by atoms with E-state index in [-0.39, 0.29) is 23.5 Å². The molecule has 0 saturated carbocycles. The fourth-order valence-corrected chi connectivity index (χ4v) is 7.01. The van der Waals surface area contributed by atoms with Crippen molar-refractivity contribution in [3.8, 4) is 0 Å². The Bertz CT molecular complexity index is 2000. The van der Waals surface area contributed by atoms with E-state index in [0.717, 1.165) is 18.2 Å². The predicted molar refractivity (Wildman–Crippen MR) is 169 cm³/mol. The van der Waals surface area contributed by atoms with Crippen LogP contribution in [0.25, 0.3) is 0 Å². The van der Waals surface area contributed by atoms with Crippen molar-refractivity contribution in [3.05, 3.63) is 35.4 Å². The highest BCUT2D eigenvalue weighted by Gasteiger charge is 3.00. The van der Waals surface area contributed by atoms with Crippen LogP contribution in [0.2, 0.25) is 0 Å². The van der Waals surface area contributed by atoms with Gasteiger partial charge in [0.2, 0.25) is 0 Å². The van der Waals surface area contributed by atoms with Crippen LogP contribution in [0.4, 0.5) is 184 Å². The summed E-state index contributed by atoms with van der Waals surface area (Å²) in [6, 6.07) is 2.93. The Balaban J connectivity index is 3.26. The second-order valence-electron chi connectivity index (χ2n) is 15.0. The molecule has 1 aromatic rings. The second-order valence-corrected chi connectivity index (χ2v) is 17.2. The van der Waals surface area contributed by atoms with Crippen molar-refractivity contribution >= 4 is 23.5 Å². The lowest BCUT2D eigenvalue weighted by molar-refractivity contribution is -0.474. The molecule has 0 N–H and O–H groups in total. The van der Waals surface area contributed by atoms with Crippen molar-refractivity contribution in [1.82, 2.24) is 0 Å². The van der Waals surface area contributed by atoms with Crippen LogP contribution >= 0.6 is 23.5 Å². The van der Waals surface area contributed by atoms with Gasteiger partial charge in [0.25, 0.3) is 0 Å². The van der Waals surface area contributed by atoms with E-state index in [4.69, 9.17) is 0 Å². The van der Waals surface area contributed by atoms with E-state index in [1.165, 1.54) is 0 Å². The molecule has 0 bridgehead atoms. The van der Waals surface area contributed by atoms with E-state index in [2.05, 4.69) is 0 Å². The normalized spacial score (nSPS) is 16.4. The molecule has 0 unspecified atom stereocenters. The lowest BCUT2D eigenvalue weighted by Crippen LogP contribution is -2.76. The Labute approximate surface area is 398 Å². The third-order valence-electron chi connectivity index (χ3n) is 9.80. The van der Waals surface area contributed by atoms with E-state index >= 15 is 0 Å². The minimum Gasteiger partial charge on any atom is -0.200 e. The van der Waals surface area contributed by atoms with Crippen molar-refractivity contribution in [1.29, 1.82) is 0 Å². The SMILES string of the molecule is FC(F)(F)C(F)(F)C(F)(F)C(F)(F)C(F)(F)C(F)(F)C(F)(F)C(F)(F)C(F)(F)C(F)(F)CCSCc1cccc(CSCCC(F)(F)C(F)(F)C(F)(F)C(F)(F)C(F)(F)C(F)(F)C(F)(F)C(F)(F)C(F)(F)C(F)(F)F)c1. The predicted octanol–water partition coefficient (Wildman–Crippen LogP) is 17.5. The van der Waals surface area contributed by atoms with Gasteiger partial charge in [-0.1, -0.05) is 24.3 Å². The van der Waals surface area contributed by atoms with Crippen LogP contribution in [0.3, 0.4) is 0 Å². The fourth-order valence-electron chi connectivity index (χ4n) is 5.09. The summed E-state index contributed by atoms with van der Waals surface area (Å²) >= 11 is -0.592. The third kappa shape index (κ3) is 10.2. The quantitative estimate of drug-likeness (QED) is 0.0670. The highest BCUT2D eigenvalue weighted by Crippen LogP contribution is 2.69. The minimum absolute atomic E-state index is 0.296. The van der Waals surface area contributed by atoms with Gasteiger partial charge in [-0.2, -0.15) is 208 Å². The van der Waals surface area contributed by atoms with Gasteiger partial charge in [-0.15, -0.1) is 0 Å². The molecule has 0 atom stereocenters. The number of rotatable bonds is 26. The summed E-state index contributed by atoms with van der Waals surface area (Å²) in [6.07, 6.45) is -22.5. The van der Waals surface area contributed by atoms with Gasteiger partial charge in [-0.25, -0.2) is 0 Å². The summed E-state index contributed by atoms with van der Waals surface area (Å²) in [5, 5.41) is 0. The Morgan fingerprint density at radius 1 is 0.237 bits per heavy atom. The second kappa shape index (κ2) is 19.9. The van der Waals surface area contributed by atoms with Crippen molar-refractivity contribution < 1.29 is 184 Å². The van der Waals surface area contributed by atoms with E-state index in [9.17, 15) is 184 Å². The van der Waals surface area contributed by atoms with Gasteiger partial charge in [0.15, 0.2) is 0 Å². The molecule has 0 amide bonds. The molecule has 0 aliphatic rings. The van der Waals surface area contributed by atoms with E-state index in [0.29, 0.717) is 6.07 Å². The van der Waals surface area contributed by atoms with E-state index in [1.807, 2.05) is 0 Å². The van der Waals surface area contributed by atoms with Gasteiger partial charge in [0, 0.05) is 24.3 Å². The molecule has 44 heteroatoms. The van der Waals surface area contributed by atoms with Crippen LogP contribution in [-0.2, 0) is 11.5 Å². The first-order valence-corrected chi connectivity index (χ1v) is 20.1. The zero-order chi connectivity index (χ0) is 61.6. The molecular formula is C32H16F42S2. The molecule has 76 heavy (non-hydrogen) atoms. The molecule has 0 aliphatic heterocycles. The highest BCUT2D eigenvalue weighted by atomic mass is 32.2. The van der Waals surface area contributed by atoms with Crippen LogP contribution in [0, 0.1) is 0 Å². The molecule has 450 valence electrons. The number of halogens is 42. The Hall–Kier alpha value is -3.02. The summed E-state index contributed by atoms with van der Waals surface area (Å²) in [6.45, 7) is 0. The van der Waals surface area contributed by atoms with Crippen LogP contribution in [0.1, 0.15) is 24.0 Å². The lowest BCUT2D eigenvalue weighted by Gasteiger charge is -2.44. The largest absolute Gasteiger partial charge is 0.460 e. The zero-order valence-corrected chi connectivity index (χ0v) is 35.9. The Morgan fingerprint density at radius 3 is 0.592 bits per heavy atom. The molecule has 0 spiro atoms. The number of hydrogen-bond donors (Lipinski definition) is 0. The van der Waals surface area contributed by atoms with Gasteiger partial charge < -0.3 is 0 Å². The fraction of sp³-hybridized carbons (Fsp3) is 0.812. The zero-order valence-electron chi connectivity index (χ0n) is 34.2. The summed E-state index contributed by atoms with van der Waals surface area (Å²) in [7, 11) is 0. The number of thioether (sulfide) groups is 2. The van der Waals surface area contributed by atoms with Gasteiger partial charge >= 0.3 is 119 Å². The molecule has 0 heterocycles. The van der Waals surface area contributed by atoms with Crippen molar-refractivity contribution in [2.75, 3.05) is 11.5 Å². The van der Waals surface area contributed by atoms with Gasteiger partial charge in [0.1, 0.15) is 0 Å². The molecule has 0 fully saturated rings. The maximum Gasteiger partial charge on any atom is 0.460 e. The molecule has 0 aliphatic carbocycles. The van der Waals surface area contributed by atoms with Crippen molar-refractivity contribution in [2.24, 2.45) is 0 Å². The highest BCUT2D eigenvalue weighted by molar-refractivity contribution is 7.98. The first-order chi connectivity index (χ1) is 32.7.